The molecule has 2 N–H and O–H groups in total. The second-order valence-corrected chi connectivity index (χ2v) is 9.26. The standard InChI is InChI=1S/C30H26N2O3S/c1-21-16-17-27(25(18-21)29(34)23-12-6-3-7-13-23)32-30(35)24-14-8-9-15-26(24)31-28(33)20-36-19-22-10-4-2-5-11-22/h2-18H,19-20H2,1H3,(H,31,33)(H,32,35). The topological polar surface area (TPSA) is 75.3 Å². The summed E-state index contributed by atoms with van der Waals surface area (Å²) < 4.78 is 0. The molecule has 0 aromatic heterocycles. The average Bonchev–Trinajstić information content (AvgIpc) is 2.90. The van der Waals surface area contributed by atoms with E-state index in [-0.39, 0.29) is 17.4 Å². The predicted octanol–water partition coefficient (Wildman–Crippen LogP) is 6.35. The van der Waals surface area contributed by atoms with Crippen molar-refractivity contribution in [2.24, 2.45) is 0 Å². The predicted molar refractivity (Wildman–Crippen MR) is 147 cm³/mol. The molecule has 6 heteroatoms. The number of benzene rings is 4. The van der Waals surface area contributed by atoms with Gasteiger partial charge in [-0.15, -0.1) is 11.8 Å². The monoisotopic (exact) mass is 494 g/mol. The Morgan fingerprint density at radius 2 is 1.33 bits per heavy atom. The van der Waals surface area contributed by atoms with Crippen LogP contribution in [0.15, 0.2) is 103 Å². The maximum atomic E-state index is 13.2. The molecule has 0 atom stereocenters. The number of ketones is 1. The molecule has 0 bridgehead atoms. The van der Waals surface area contributed by atoms with Gasteiger partial charge < -0.3 is 10.6 Å². The summed E-state index contributed by atoms with van der Waals surface area (Å²) in [5, 5.41) is 5.72. The quantitative estimate of drug-likeness (QED) is 0.266. The lowest BCUT2D eigenvalue weighted by atomic mass is 9.99. The van der Waals surface area contributed by atoms with Crippen molar-refractivity contribution in [3.05, 3.63) is 131 Å². The van der Waals surface area contributed by atoms with Crippen molar-refractivity contribution in [3.8, 4) is 0 Å². The Balaban J connectivity index is 1.47. The molecule has 0 saturated heterocycles. The van der Waals surface area contributed by atoms with Crippen molar-refractivity contribution >= 4 is 40.7 Å². The van der Waals surface area contributed by atoms with Crippen LogP contribution in [0.25, 0.3) is 0 Å². The first kappa shape index (κ1) is 24.9. The molecule has 0 aliphatic heterocycles. The number of anilines is 2. The fraction of sp³-hybridized carbons (Fsp3) is 0.100. The molecule has 0 saturated carbocycles. The van der Waals surface area contributed by atoms with Gasteiger partial charge in [-0.25, -0.2) is 0 Å². The minimum Gasteiger partial charge on any atom is -0.325 e. The van der Waals surface area contributed by atoms with Crippen molar-refractivity contribution in [3.63, 3.8) is 0 Å². The minimum atomic E-state index is -0.409. The van der Waals surface area contributed by atoms with E-state index >= 15 is 0 Å². The number of nitrogens with one attached hydrogen (secondary N) is 2. The normalized spacial score (nSPS) is 10.5. The third kappa shape index (κ3) is 6.49. The minimum absolute atomic E-state index is 0.174. The van der Waals surface area contributed by atoms with E-state index in [2.05, 4.69) is 10.6 Å². The third-order valence-electron chi connectivity index (χ3n) is 5.49. The fourth-order valence-electron chi connectivity index (χ4n) is 3.70. The van der Waals surface area contributed by atoms with E-state index in [0.717, 1.165) is 16.9 Å². The molecule has 5 nitrogen and oxygen atoms in total. The Morgan fingerprint density at radius 3 is 2.08 bits per heavy atom. The number of rotatable bonds is 9. The van der Waals surface area contributed by atoms with E-state index < -0.39 is 5.91 Å². The van der Waals surface area contributed by atoms with Gasteiger partial charge in [0.15, 0.2) is 5.78 Å². The van der Waals surface area contributed by atoms with E-state index in [0.29, 0.717) is 28.1 Å². The van der Waals surface area contributed by atoms with Gasteiger partial charge >= 0.3 is 0 Å². The summed E-state index contributed by atoms with van der Waals surface area (Å²) in [5.74, 6) is 0.215. The number of hydrogen-bond acceptors (Lipinski definition) is 4. The summed E-state index contributed by atoms with van der Waals surface area (Å²) in [4.78, 5) is 38.9. The second-order valence-electron chi connectivity index (χ2n) is 8.27. The van der Waals surface area contributed by atoms with Crippen LogP contribution in [0.5, 0.6) is 0 Å². The van der Waals surface area contributed by atoms with Gasteiger partial charge in [0.25, 0.3) is 5.91 Å². The molecule has 4 aromatic carbocycles. The highest BCUT2D eigenvalue weighted by Crippen LogP contribution is 2.24. The molecule has 0 spiro atoms. The van der Waals surface area contributed by atoms with E-state index in [1.165, 1.54) is 11.8 Å². The number of carbonyl (C=O) groups is 3. The highest BCUT2D eigenvalue weighted by molar-refractivity contribution is 7.99. The maximum Gasteiger partial charge on any atom is 0.257 e. The molecule has 0 fully saturated rings. The summed E-state index contributed by atoms with van der Waals surface area (Å²) in [7, 11) is 0. The number of carbonyl (C=O) groups excluding carboxylic acids is 3. The van der Waals surface area contributed by atoms with Crippen LogP contribution in [0.4, 0.5) is 11.4 Å². The van der Waals surface area contributed by atoms with Crippen LogP contribution in [0.2, 0.25) is 0 Å². The van der Waals surface area contributed by atoms with E-state index in [9.17, 15) is 14.4 Å². The second kappa shape index (κ2) is 12.0. The van der Waals surface area contributed by atoms with Gasteiger partial charge in [0.1, 0.15) is 0 Å². The molecular weight excluding hydrogens is 468 g/mol. The lowest BCUT2D eigenvalue weighted by Crippen LogP contribution is -2.20. The van der Waals surface area contributed by atoms with Crippen LogP contribution in [0.1, 0.15) is 37.4 Å². The lowest BCUT2D eigenvalue weighted by Gasteiger charge is -2.14. The Kier molecular flexibility index (Phi) is 8.32. The zero-order chi connectivity index (χ0) is 25.3. The Morgan fingerprint density at radius 1 is 0.694 bits per heavy atom. The van der Waals surface area contributed by atoms with E-state index in [1.807, 2.05) is 49.4 Å². The van der Waals surface area contributed by atoms with Gasteiger partial charge in [0, 0.05) is 16.9 Å². The first-order chi connectivity index (χ1) is 17.5. The third-order valence-corrected chi connectivity index (χ3v) is 6.50. The highest BCUT2D eigenvalue weighted by Gasteiger charge is 2.18. The van der Waals surface area contributed by atoms with Crippen molar-refractivity contribution in [2.45, 2.75) is 12.7 Å². The van der Waals surface area contributed by atoms with Crippen LogP contribution >= 0.6 is 11.8 Å². The van der Waals surface area contributed by atoms with Crippen molar-refractivity contribution in [1.82, 2.24) is 0 Å². The molecule has 2 amide bonds. The van der Waals surface area contributed by atoms with E-state index in [4.69, 9.17) is 0 Å². The Bertz CT molecular complexity index is 1370. The van der Waals surface area contributed by atoms with Gasteiger partial charge in [-0.05, 0) is 36.8 Å². The summed E-state index contributed by atoms with van der Waals surface area (Å²) in [6.07, 6.45) is 0. The van der Waals surface area contributed by atoms with Crippen LogP contribution in [0, 0.1) is 6.92 Å². The van der Waals surface area contributed by atoms with Gasteiger partial charge in [0.2, 0.25) is 5.91 Å². The van der Waals surface area contributed by atoms with Crippen molar-refractivity contribution < 1.29 is 14.4 Å². The highest BCUT2D eigenvalue weighted by atomic mass is 32.2. The largest absolute Gasteiger partial charge is 0.325 e. The van der Waals surface area contributed by atoms with Crippen LogP contribution in [-0.4, -0.2) is 23.4 Å². The van der Waals surface area contributed by atoms with E-state index in [1.54, 1.807) is 60.7 Å². The molecule has 0 aliphatic rings. The zero-order valence-corrected chi connectivity index (χ0v) is 20.7. The molecule has 4 aromatic rings. The maximum absolute atomic E-state index is 13.2. The summed E-state index contributed by atoms with van der Waals surface area (Å²) in [6, 6.07) is 31.1. The molecular formula is C30H26N2O3S. The van der Waals surface area contributed by atoms with Crippen molar-refractivity contribution in [2.75, 3.05) is 16.4 Å². The molecule has 0 heterocycles. The number of para-hydroxylation sites is 1. The molecule has 0 aliphatic carbocycles. The number of thioether (sulfide) groups is 1. The number of aryl methyl sites for hydroxylation is 1. The molecule has 0 radical (unpaired) electrons. The van der Waals surface area contributed by atoms with Crippen LogP contribution < -0.4 is 10.6 Å². The Hall–Kier alpha value is -4.16. The first-order valence-electron chi connectivity index (χ1n) is 11.5. The van der Waals surface area contributed by atoms with Gasteiger partial charge in [-0.3, -0.25) is 14.4 Å². The van der Waals surface area contributed by atoms with Crippen molar-refractivity contribution in [1.29, 1.82) is 0 Å². The van der Waals surface area contributed by atoms with Crippen LogP contribution in [-0.2, 0) is 10.5 Å². The lowest BCUT2D eigenvalue weighted by molar-refractivity contribution is -0.113. The zero-order valence-electron chi connectivity index (χ0n) is 19.9. The molecule has 0 unspecified atom stereocenters. The molecule has 4 rings (SSSR count). The summed E-state index contributed by atoms with van der Waals surface area (Å²) >= 11 is 1.50. The summed E-state index contributed by atoms with van der Waals surface area (Å²) in [5.41, 5.74) is 4.16. The first-order valence-corrected chi connectivity index (χ1v) is 12.7. The average molecular weight is 495 g/mol. The molecule has 180 valence electrons. The van der Waals surface area contributed by atoms with Gasteiger partial charge in [-0.1, -0.05) is 84.4 Å². The fourth-order valence-corrected chi connectivity index (χ4v) is 4.49. The SMILES string of the molecule is Cc1ccc(NC(=O)c2ccccc2NC(=O)CSCc2ccccc2)c(C(=O)c2ccccc2)c1. The number of amides is 2. The van der Waals surface area contributed by atoms with Gasteiger partial charge in [-0.2, -0.15) is 0 Å². The molecule has 36 heavy (non-hydrogen) atoms. The Labute approximate surface area is 214 Å². The van der Waals surface area contributed by atoms with Crippen LogP contribution in [0.3, 0.4) is 0 Å². The number of hydrogen-bond donors (Lipinski definition) is 2. The summed E-state index contributed by atoms with van der Waals surface area (Å²) in [6.45, 7) is 1.90. The smallest absolute Gasteiger partial charge is 0.257 e. The van der Waals surface area contributed by atoms with Gasteiger partial charge in [0.05, 0.1) is 22.7 Å².